The highest BCUT2D eigenvalue weighted by molar-refractivity contribution is 7.09. The number of hydrogen-bond donors (Lipinski definition) is 0. The van der Waals surface area contributed by atoms with Crippen LogP contribution in [0.25, 0.3) is 0 Å². The van der Waals surface area contributed by atoms with Crippen molar-refractivity contribution < 1.29 is 4.42 Å². The van der Waals surface area contributed by atoms with Crippen LogP contribution in [0.3, 0.4) is 0 Å². The second-order valence-corrected chi connectivity index (χ2v) is 8.73. The van der Waals surface area contributed by atoms with Crippen LogP contribution in [0.1, 0.15) is 35.1 Å². The molecule has 0 N–H and O–H groups in total. The van der Waals surface area contributed by atoms with Crippen LogP contribution in [-0.2, 0) is 25.0 Å². The van der Waals surface area contributed by atoms with Gasteiger partial charge in [-0.3, -0.25) is 19.1 Å². The summed E-state index contributed by atoms with van der Waals surface area (Å²) in [4.78, 5) is 32.0. The summed E-state index contributed by atoms with van der Waals surface area (Å²) in [5, 5.41) is 7.51. The zero-order valence-electron chi connectivity index (χ0n) is 15.6. The van der Waals surface area contributed by atoms with Gasteiger partial charge in [0.15, 0.2) is 0 Å². The SMILES string of the molecule is Cc1nc(Cn2nc3n(c(=O)c2=O)CCC32CCN(Cc3ccco3)C2)cs1. The third kappa shape index (κ3) is 2.85. The van der Waals surface area contributed by atoms with Gasteiger partial charge in [0.1, 0.15) is 11.6 Å². The second-order valence-electron chi connectivity index (χ2n) is 7.67. The highest BCUT2D eigenvalue weighted by atomic mass is 32.1. The van der Waals surface area contributed by atoms with Crippen LogP contribution in [0.5, 0.6) is 0 Å². The topological polar surface area (TPSA) is 86.2 Å². The lowest BCUT2D eigenvalue weighted by molar-refractivity contribution is 0.273. The van der Waals surface area contributed by atoms with Crippen LogP contribution in [0.15, 0.2) is 37.8 Å². The van der Waals surface area contributed by atoms with Crippen LogP contribution >= 0.6 is 11.3 Å². The summed E-state index contributed by atoms with van der Waals surface area (Å²) in [6.45, 7) is 5.19. The molecule has 2 aliphatic rings. The van der Waals surface area contributed by atoms with Crippen molar-refractivity contribution in [3.05, 3.63) is 66.8 Å². The van der Waals surface area contributed by atoms with Crippen LogP contribution in [0, 0.1) is 6.92 Å². The van der Waals surface area contributed by atoms with E-state index in [1.165, 1.54) is 16.0 Å². The zero-order valence-corrected chi connectivity index (χ0v) is 16.4. The number of nitrogens with zero attached hydrogens (tertiary/aromatic N) is 5. The molecule has 0 saturated carbocycles. The molecule has 0 aliphatic carbocycles. The molecule has 146 valence electrons. The molecule has 0 amide bonds. The maximum absolute atomic E-state index is 12.7. The van der Waals surface area contributed by atoms with Crippen molar-refractivity contribution in [2.45, 2.75) is 44.8 Å². The van der Waals surface area contributed by atoms with Crippen molar-refractivity contribution in [3.63, 3.8) is 0 Å². The quantitative estimate of drug-likeness (QED) is 0.616. The van der Waals surface area contributed by atoms with E-state index in [4.69, 9.17) is 4.42 Å². The number of fused-ring (bicyclic) bond motifs is 2. The number of likely N-dealkylation sites (tertiary alicyclic amines) is 1. The molecule has 1 atom stereocenters. The lowest BCUT2D eigenvalue weighted by atomic mass is 9.85. The smallest absolute Gasteiger partial charge is 0.332 e. The van der Waals surface area contributed by atoms with Gasteiger partial charge in [-0.15, -0.1) is 11.3 Å². The molecule has 1 saturated heterocycles. The average molecular weight is 399 g/mol. The first-order chi connectivity index (χ1) is 13.5. The van der Waals surface area contributed by atoms with Gasteiger partial charge in [-0.1, -0.05) is 0 Å². The number of aromatic nitrogens is 4. The minimum absolute atomic E-state index is 0.181. The van der Waals surface area contributed by atoms with Gasteiger partial charge in [0.25, 0.3) is 0 Å². The van der Waals surface area contributed by atoms with Crippen molar-refractivity contribution >= 4 is 11.3 Å². The largest absolute Gasteiger partial charge is 0.468 e. The molecule has 0 aromatic carbocycles. The molecule has 1 unspecified atom stereocenters. The Morgan fingerprint density at radius 1 is 1.21 bits per heavy atom. The molecule has 3 aromatic heterocycles. The number of rotatable bonds is 4. The Kier molecular flexibility index (Phi) is 4.09. The molecule has 9 heteroatoms. The fourth-order valence-corrected chi connectivity index (χ4v) is 5.02. The first-order valence-corrected chi connectivity index (χ1v) is 10.3. The molecule has 5 rings (SSSR count). The summed E-state index contributed by atoms with van der Waals surface area (Å²) in [6, 6.07) is 3.87. The Bertz CT molecular complexity index is 1130. The Morgan fingerprint density at radius 3 is 2.82 bits per heavy atom. The summed E-state index contributed by atoms with van der Waals surface area (Å²) >= 11 is 1.53. The lowest BCUT2D eigenvalue weighted by Gasteiger charge is -2.23. The van der Waals surface area contributed by atoms with E-state index < -0.39 is 11.1 Å². The Labute approximate surface area is 165 Å². The minimum Gasteiger partial charge on any atom is -0.468 e. The molecule has 5 heterocycles. The van der Waals surface area contributed by atoms with Crippen LogP contribution < -0.4 is 11.1 Å². The highest BCUT2D eigenvalue weighted by Gasteiger charge is 2.47. The molecule has 8 nitrogen and oxygen atoms in total. The van der Waals surface area contributed by atoms with Gasteiger partial charge in [0.2, 0.25) is 0 Å². The number of furan rings is 1. The lowest BCUT2D eigenvalue weighted by Crippen LogP contribution is -2.45. The van der Waals surface area contributed by atoms with Crippen molar-refractivity contribution in [1.29, 1.82) is 0 Å². The standard InChI is InChI=1S/C19H21N5O3S/c1-13-20-14(11-28-13)9-24-17(26)16(25)23-7-5-19(18(23)21-24)4-6-22(12-19)10-15-3-2-8-27-15/h2-3,8,11H,4-7,9-10,12H2,1H3. The normalized spacial score (nSPS) is 21.6. The van der Waals surface area contributed by atoms with Gasteiger partial charge < -0.3 is 4.42 Å². The van der Waals surface area contributed by atoms with Crippen molar-refractivity contribution in [2.75, 3.05) is 13.1 Å². The molecular weight excluding hydrogens is 378 g/mol. The Balaban J connectivity index is 1.47. The summed E-state index contributed by atoms with van der Waals surface area (Å²) in [6.07, 6.45) is 3.45. The molecule has 2 aliphatic heterocycles. The van der Waals surface area contributed by atoms with Gasteiger partial charge in [0.05, 0.1) is 30.1 Å². The van der Waals surface area contributed by atoms with Crippen molar-refractivity contribution in [2.24, 2.45) is 0 Å². The van der Waals surface area contributed by atoms with Crippen molar-refractivity contribution in [1.82, 2.24) is 24.2 Å². The van der Waals surface area contributed by atoms with Gasteiger partial charge in [-0.25, -0.2) is 9.67 Å². The fourth-order valence-electron chi connectivity index (χ4n) is 4.42. The first kappa shape index (κ1) is 17.6. The third-order valence-corrected chi connectivity index (χ3v) is 6.62. The minimum atomic E-state index is -0.572. The highest BCUT2D eigenvalue weighted by Crippen LogP contribution is 2.40. The van der Waals surface area contributed by atoms with E-state index in [-0.39, 0.29) is 12.0 Å². The van der Waals surface area contributed by atoms with E-state index >= 15 is 0 Å². The van der Waals surface area contributed by atoms with E-state index in [0.717, 1.165) is 54.8 Å². The predicted octanol–water partition coefficient (Wildman–Crippen LogP) is 1.36. The molecule has 3 aromatic rings. The van der Waals surface area contributed by atoms with E-state index in [1.54, 1.807) is 10.8 Å². The van der Waals surface area contributed by atoms with Gasteiger partial charge in [0, 0.05) is 23.9 Å². The number of aryl methyl sites for hydroxylation is 1. The molecule has 1 spiro atoms. The summed E-state index contributed by atoms with van der Waals surface area (Å²) < 4.78 is 8.36. The van der Waals surface area contributed by atoms with Crippen LogP contribution in [0.4, 0.5) is 0 Å². The first-order valence-electron chi connectivity index (χ1n) is 9.42. The monoisotopic (exact) mass is 399 g/mol. The molecular formula is C19H21N5O3S. The van der Waals surface area contributed by atoms with E-state index in [2.05, 4.69) is 15.0 Å². The van der Waals surface area contributed by atoms with E-state index in [0.29, 0.717) is 6.54 Å². The second kappa shape index (κ2) is 6.52. The Hall–Kier alpha value is -2.52. The zero-order chi connectivity index (χ0) is 19.3. The number of hydrogen-bond acceptors (Lipinski definition) is 7. The molecule has 0 bridgehead atoms. The third-order valence-electron chi connectivity index (χ3n) is 5.79. The van der Waals surface area contributed by atoms with Gasteiger partial charge in [-0.2, -0.15) is 5.10 Å². The molecule has 1 fully saturated rings. The fraction of sp³-hybridized carbons (Fsp3) is 0.474. The Morgan fingerprint density at radius 2 is 2.07 bits per heavy atom. The van der Waals surface area contributed by atoms with Crippen molar-refractivity contribution in [3.8, 4) is 0 Å². The van der Waals surface area contributed by atoms with Gasteiger partial charge in [-0.05, 0) is 38.4 Å². The van der Waals surface area contributed by atoms with E-state index in [1.807, 2.05) is 24.4 Å². The molecule has 28 heavy (non-hydrogen) atoms. The van der Waals surface area contributed by atoms with E-state index in [9.17, 15) is 9.59 Å². The maximum atomic E-state index is 12.7. The van der Waals surface area contributed by atoms with Crippen LogP contribution in [-0.4, -0.2) is 37.3 Å². The average Bonchev–Trinajstić information content (AvgIpc) is 3.45. The van der Waals surface area contributed by atoms with Gasteiger partial charge >= 0.3 is 11.1 Å². The maximum Gasteiger partial charge on any atom is 0.332 e. The predicted molar refractivity (Wildman–Crippen MR) is 104 cm³/mol. The summed E-state index contributed by atoms with van der Waals surface area (Å²) in [5.41, 5.74) is -0.464. The number of thiazole rings is 1. The van der Waals surface area contributed by atoms with Crippen LogP contribution in [0.2, 0.25) is 0 Å². The molecule has 0 radical (unpaired) electrons. The summed E-state index contributed by atoms with van der Waals surface area (Å²) in [5.74, 6) is 1.68. The summed E-state index contributed by atoms with van der Waals surface area (Å²) in [7, 11) is 0.